The van der Waals surface area contributed by atoms with Crippen LogP contribution in [0.2, 0.25) is 0 Å². The number of nitrogens with one attached hydrogen (secondary N) is 1. The fraction of sp³-hybridized carbons (Fsp3) is 0.300. The van der Waals surface area contributed by atoms with E-state index in [9.17, 15) is 4.39 Å². The van der Waals surface area contributed by atoms with Crippen molar-refractivity contribution in [2.24, 2.45) is 0 Å². The molecule has 0 saturated carbocycles. The molecule has 4 rings (SSSR count). The average Bonchev–Trinajstić information content (AvgIpc) is 3.08. The Morgan fingerprint density at radius 2 is 1.85 bits per heavy atom. The first kappa shape index (κ1) is 16.7. The highest BCUT2D eigenvalue weighted by Gasteiger charge is 2.21. The molecule has 1 aliphatic heterocycles. The Hall–Kier alpha value is -2.73. The third-order valence-electron chi connectivity index (χ3n) is 4.85. The molecular weight excluding hydrogens is 329 g/mol. The lowest BCUT2D eigenvalue weighted by Gasteiger charge is -2.30. The van der Waals surface area contributed by atoms with E-state index < -0.39 is 0 Å². The predicted molar refractivity (Wildman–Crippen MR) is 101 cm³/mol. The standard InChI is InChI=1S/C20H22FN5/c1-25-12-9-17(10-13-25)24-26-20(15-5-7-16(21)8-6-15)18(14-23-26)19-4-2-3-11-22-19/h2-8,11,14,17,24H,9-10,12-13H2,1H3. The molecular formula is C20H22FN5. The van der Waals surface area contributed by atoms with E-state index in [-0.39, 0.29) is 5.82 Å². The second kappa shape index (κ2) is 7.25. The molecule has 2 aromatic heterocycles. The van der Waals surface area contributed by atoms with Crippen molar-refractivity contribution in [3.8, 4) is 22.5 Å². The lowest BCUT2D eigenvalue weighted by molar-refractivity contribution is 0.256. The van der Waals surface area contributed by atoms with E-state index in [1.807, 2.05) is 29.2 Å². The summed E-state index contributed by atoms with van der Waals surface area (Å²) >= 11 is 0. The number of likely N-dealkylation sites (tertiary alicyclic amines) is 1. The Bertz CT molecular complexity index is 852. The zero-order valence-electron chi connectivity index (χ0n) is 14.8. The van der Waals surface area contributed by atoms with Crippen LogP contribution in [0.25, 0.3) is 22.5 Å². The highest BCUT2D eigenvalue weighted by atomic mass is 19.1. The van der Waals surface area contributed by atoms with E-state index in [1.165, 1.54) is 12.1 Å². The Morgan fingerprint density at radius 3 is 2.54 bits per heavy atom. The first-order chi connectivity index (χ1) is 12.7. The van der Waals surface area contributed by atoms with Gasteiger partial charge in [0.15, 0.2) is 0 Å². The number of nitrogens with zero attached hydrogens (tertiary/aromatic N) is 4. The lowest BCUT2D eigenvalue weighted by atomic mass is 10.0. The van der Waals surface area contributed by atoms with Crippen LogP contribution in [0.1, 0.15) is 12.8 Å². The predicted octanol–water partition coefficient (Wildman–Crippen LogP) is 3.39. The number of pyridine rings is 1. The van der Waals surface area contributed by atoms with Crippen molar-refractivity contribution < 1.29 is 4.39 Å². The van der Waals surface area contributed by atoms with Crippen LogP contribution < -0.4 is 5.43 Å². The zero-order valence-corrected chi connectivity index (χ0v) is 14.8. The van der Waals surface area contributed by atoms with Crippen LogP contribution in [0.15, 0.2) is 54.9 Å². The van der Waals surface area contributed by atoms with Gasteiger partial charge in [-0.3, -0.25) is 4.98 Å². The topological polar surface area (TPSA) is 46.0 Å². The van der Waals surface area contributed by atoms with Crippen molar-refractivity contribution in [2.45, 2.75) is 18.9 Å². The van der Waals surface area contributed by atoms with Crippen LogP contribution in [0.4, 0.5) is 4.39 Å². The summed E-state index contributed by atoms with van der Waals surface area (Å²) < 4.78 is 13.4. The highest BCUT2D eigenvalue weighted by Crippen LogP contribution is 2.31. The smallest absolute Gasteiger partial charge is 0.123 e. The minimum atomic E-state index is -0.248. The van der Waals surface area contributed by atoms with E-state index in [0.717, 1.165) is 48.4 Å². The Labute approximate surface area is 152 Å². The summed E-state index contributed by atoms with van der Waals surface area (Å²) in [5.74, 6) is -0.248. The molecule has 0 amide bonds. The maximum Gasteiger partial charge on any atom is 0.123 e. The monoisotopic (exact) mass is 351 g/mol. The SMILES string of the molecule is CN1CCC(Nn2ncc(-c3ccccn3)c2-c2ccc(F)cc2)CC1. The minimum absolute atomic E-state index is 0.248. The molecule has 1 aromatic carbocycles. The van der Waals surface area contributed by atoms with Crippen molar-refractivity contribution >= 4 is 0 Å². The number of benzene rings is 1. The quantitative estimate of drug-likeness (QED) is 0.783. The van der Waals surface area contributed by atoms with E-state index >= 15 is 0 Å². The molecule has 1 N–H and O–H groups in total. The van der Waals surface area contributed by atoms with Gasteiger partial charge in [-0.15, -0.1) is 0 Å². The lowest BCUT2D eigenvalue weighted by Crippen LogP contribution is -2.40. The molecule has 0 spiro atoms. The molecule has 1 aliphatic rings. The summed E-state index contributed by atoms with van der Waals surface area (Å²) in [7, 11) is 2.15. The number of hydrogen-bond donors (Lipinski definition) is 1. The zero-order chi connectivity index (χ0) is 17.9. The second-order valence-electron chi connectivity index (χ2n) is 6.75. The molecule has 0 radical (unpaired) electrons. The molecule has 3 aromatic rings. The fourth-order valence-electron chi connectivity index (χ4n) is 3.35. The molecule has 6 heteroatoms. The third-order valence-corrected chi connectivity index (χ3v) is 4.85. The number of aromatic nitrogens is 3. The van der Waals surface area contributed by atoms with Gasteiger partial charge in [-0.25, -0.2) is 4.39 Å². The Kier molecular flexibility index (Phi) is 4.67. The van der Waals surface area contributed by atoms with Gasteiger partial charge in [-0.05, 0) is 69.4 Å². The van der Waals surface area contributed by atoms with Gasteiger partial charge in [0.2, 0.25) is 0 Å². The van der Waals surface area contributed by atoms with Gasteiger partial charge in [-0.2, -0.15) is 9.89 Å². The van der Waals surface area contributed by atoms with E-state index in [4.69, 9.17) is 0 Å². The number of piperidine rings is 1. The molecule has 5 nitrogen and oxygen atoms in total. The molecule has 26 heavy (non-hydrogen) atoms. The van der Waals surface area contributed by atoms with Crippen LogP contribution >= 0.6 is 0 Å². The first-order valence-corrected chi connectivity index (χ1v) is 8.91. The molecule has 1 saturated heterocycles. The van der Waals surface area contributed by atoms with Gasteiger partial charge in [0.05, 0.1) is 11.9 Å². The van der Waals surface area contributed by atoms with E-state index in [0.29, 0.717) is 6.04 Å². The average molecular weight is 351 g/mol. The number of rotatable bonds is 4. The van der Waals surface area contributed by atoms with Gasteiger partial charge in [0.1, 0.15) is 11.5 Å². The van der Waals surface area contributed by atoms with Gasteiger partial charge >= 0.3 is 0 Å². The number of hydrogen-bond acceptors (Lipinski definition) is 4. The van der Waals surface area contributed by atoms with Crippen molar-refractivity contribution in [3.63, 3.8) is 0 Å². The van der Waals surface area contributed by atoms with Crippen LogP contribution in [0.5, 0.6) is 0 Å². The fourth-order valence-corrected chi connectivity index (χ4v) is 3.35. The molecule has 134 valence electrons. The molecule has 0 bridgehead atoms. The molecule has 0 aliphatic carbocycles. The molecule has 0 atom stereocenters. The minimum Gasteiger partial charge on any atom is -0.306 e. The van der Waals surface area contributed by atoms with Crippen LogP contribution in [-0.2, 0) is 0 Å². The van der Waals surface area contributed by atoms with Crippen molar-refractivity contribution in [1.82, 2.24) is 19.8 Å². The molecule has 0 unspecified atom stereocenters. The van der Waals surface area contributed by atoms with Gasteiger partial charge in [-0.1, -0.05) is 6.07 Å². The molecule has 1 fully saturated rings. The van der Waals surface area contributed by atoms with Gasteiger partial charge in [0.25, 0.3) is 0 Å². The number of halogens is 1. The largest absolute Gasteiger partial charge is 0.306 e. The summed E-state index contributed by atoms with van der Waals surface area (Å²) in [6.07, 6.45) is 5.73. The Balaban J connectivity index is 1.72. The van der Waals surface area contributed by atoms with Crippen molar-refractivity contribution in [1.29, 1.82) is 0 Å². The van der Waals surface area contributed by atoms with Crippen LogP contribution in [0, 0.1) is 5.82 Å². The Morgan fingerprint density at radius 1 is 1.08 bits per heavy atom. The van der Waals surface area contributed by atoms with Crippen molar-refractivity contribution in [3.05, 3.63) is 60.7 Å². The summed E-state index contributed by atoms with van der Waals surface area (Å²) in [4.78, 5) is 8.62. The molecule has 3 heterocycles. The van der Waals surface area contributed by atoms with E-state index in [2.05, 4.69) is 27.5 Å². The van der Waals surface area contributed by atoms with Crippen LogP contribution in [0.3, 0.4) is 0 Å². The normalized spacial score (nSPS) is 15.9. The second-order valence-corrected chi connectivity index (χ2v) is 6.75. The summed E-state index contributed by atoms with van der Waals surface area (Å²) in [6, 6.07) is 12.7. The summed E-state index contributed by atoms with van der Waals surface area (Å²) in [5, 5.41) is 4.56. The third kappa shape index (κ3) is 3.46. The maximum atomic E-state index is 13.4. The van der Waals surface area contributed by atoms with E-state index in [1.54, 1.807) is 18.3 Å². The first-order valence-electron chi connectivity index (χ1n) is 8.91. The maximum absolute atomic E-state index is 13.4. The van der Waals surface area contributed by atoms with Gasteiger partial charge < -0.3 is 10.3 Å². The van der Waals surface area contributed by atoms with Gasteiger partial charge in [0, 0.05) is 23.4 Å². The van der Waals surface area contributed by atoms with Crippen molar-refractivity contribution in [2.75, 3.05) is 25.6 Å². The summed E-state index contributed by atoms with van der Waals surface area (Å²) in [5.41, 5.74) is 7.12. The highest BCUT2D eigenvalue weighted by molar-refractivity contribution is 5.79. The van der Waals surface area contributed by atoms with Crippen LogP contribution in [-0.4, -0.2) is 46.0 Å². The summed E-state index contributed by atoms with van der Waals surface area (Å²) in [6.45, 7) is 2.13.